The van der Waals surface area contributed by atoms with E-state index in [4.69, 9.17) is 11.5 Å². The third-order valence-corrected chi connectivity index (χ3v) is 2.05. The van der Waals surface area contributed by atoms with E-state index in [9.17, 15) is 4.79 Å². The Kier molecular flexibility index (Phi) is 2.13. The minimum absolute atomic E-state index is 0.292. The fourth-order valence-electron chi connectivity index (χ4n) is 1.34. The number of benzene rings is 1. The van der Waals surface area contributed by atoms with Gasteiger partial charge in [0.05, 0.1) is 0 Å². The first-order valence-corrected chi connectivity index (χ1v) is 4.39. The fourth-order valence-corrected chi connectivity index (χ4v) is 1.34. The van der Waals surface area contributed by atoms with E-state index in [1.165, 1.54) is 6.20 Å². The summed E-state index contributed by atoms with van der Waals surface area (Å²) < 4.78 is 1.03. The Morgan fingerprint density at radius 1 is 1.27 bits per heavy atom. The molecule has 1 aromatic carbocycles. The third-order valence-electron chi connectivity index (χ3n) is 2.05. The molecule has 0 radical (unpaired) electrons. The zero-order valence-corrected chi connectivity index (χ0v) is 7.92. The van der Waals surface area contributed by atoms with Crippen LogP contribution in [0.4, 0.5) is 10.6 Å². The summed E-state index contributed by atoms with van der Waals surface area (Å²) in [5.41, 5.74) is 12.4. The number of rotatable bonds is 1. The molecule has 1 heterocycles. The van der Waals surface area contributed by atoms with Crippen LogP contribution in [0.3, 0.4) is 0 Å². The number of nitrogens with two attached hydrogens (primary N) is 2. The van der Waals surface area contributed by atoms with E-state index in [0.717, 1.165) is 10.2 Å². The van der Waals surface area contributed by atoms with Crippen molar-refractivity contribution in [3.8, 4) is 11.1 Å². The average molecular weight is 202 g/mol. The van der Waals surface area contributed by atoms with Gasteiger partial charge in [0, 0.05) is 11.8 Å². The van der Waals surface area contributed by atoms with Crippen LogP contribution in [0, 0.1) is 0 Å². The molecule has 0 unspecified atom stereocenters. The number of aromatic nitrogens is 2. The van der Waals surface area contributed by atoms with Crippen LogP contribution in [0.15, 0.2) is 36.5 Å². The summed E-state index contributed by atoms with van der Waals surface area (Å²) >= 11 is 0. The molecular formula is C10H10N4O. The molecule has 0 saturated heterocycles. The van der Waals surface area contributed by atoms with Crippen LogP contribution < -0.4 is 11.5 Å². The highest BCUT2D eigenvalue weighted by Crippen LogP contribution is 2.23. The lowest BCUT2D eigenvalue weighted by Crippen LogP contribution is -2.19. The standard InChI is InChI=1S/C10H10N4O/c11-9-8(6-14(13-9)10(12)15)7-4-2-1-3-5-7/h1-6H,(H2,11,13)(H2,12,15). The molecule has 5 nitrogen and oxygen atoms in total. The monoisotopic (exact) mass is 202 g/mol. The zero-order valence-electron chi connectivity index (χ0n) is 7.92. The lowest BCUT2D eigenvalue weighted by Gasteiger charge is -1.96. The van der Waals surface area contributed by atoms with Crippen molar-refractivity contribution >= 4 is 11.8 Å². The van der Waals surface area contributed by atoms with E-state index in [2.05, 4.69) is 5.10 Å². The number of hydrogen-bond acceptors (Lipinski definition) is 3. The Labute approximate surface area is 86.3 Å². The van der Waals surface area contributed by atoms with Crippen molar-refractivity contribution in [3.63, 3.8) is 0 Å². The van der Waals surface area contributed by atoms with Gasteiger partial charge in [-0.25, -0.2) is 4.79 Å². The first-order valence-electron chi connectivity index (χ1n) is 4.39. The van der Waals surface area contributed by atoms with Crippen LogP contribution in [-0.2, 0) is 0 Å². The summed E-state index contributed by atoms with van der Waals surface area (Å²) in [6.45, 7) is 0. The number of carbonyl (C=O) groups excluding carboxylic acids is 1. The van der Waals surface area contributed by atoms with Crippen molar-refractivity contribution in [2.45, 2.75) is 0 Å². The highest BCUT2D eigenvalue weighted by Gasteiger charge is 2.09. The molecule has 0 saturated carbocycles. The van der Waals surface area contributed by atoms with Crippen molar-refractivity contribution in [1.82, 2.24) is 9.78 Å². The Morgan fingerprint density at radius 3 is 2.47 bits per heavy atom. The summed E-state index contributed by atoms with van der Waals surface area (Å²) in [5.74, 6) is 0.292. The SMILES string of the molecule is NC(=O)n1cc(-c2ccccc2)c(N)n1. The minimum Gasteiger partial charge on any atom is -0.382 e. The molecular weight excluding hydrogens is 192 g/mol. The molecule has 0 aliphatic heterocycles. The Balaban J connectivity index is 2.50. The molecule has 0 bridgehead atoms. The van der Waals surface area contributed by atoms with Crippen molar-refractivity contribution in [2.75, 3.05) is 5.73 Å². The molecule has 15 heavy (non-hydrogen) atoms. The average Bonchev–Trinajstić information content (AvgIpc) is 2.62. The summed E-state index contributed by atoms with van der Waals surface area (Å²) in [5, 5.41) is 3.81. The molecule has 0 atom stereocenters. The van der Waals surface area contributed by atoms with Crippen LogP contribution in [0.2, 0.25) is 0 Å². The number of carbonyl (C=O) groups is 1. The van der Waals surface area contributed by atoms with Gasteiger partial charge in [0.15, 0.2) is 5.82 Å². The predicted octanol–water partition coefficient (Wildman–Crippen LogP) is 1.06. The largest absolute Gasteiger partial charge is 0.382 e. The lowest BCUT2D eigenvalue weighted by atomic mass is 10.1. The minimum atomic E-state index is -0.649. The number of anilines is 1. The van der Waals surface area contributed by atoms with Gasteiger partial charge >= 0.3 is 6.03 Å². The van der Waals surface area contributed by atoms with Crippen molar-refractivity contribution in [3.05, 3.63) is 36.5 Å². The molecule has 2 rings (SSSR count). The van der Waals surface area contributed by atoms with E-state index in [0.29, 0.717) is 11.4 Å². The zero-order chi connectivity index (χ0) is 10.8. The summed E-state index contributed by atoms with van der Waals surface area (Å²) in [6, 6.07) is 8.80. The normalized spacial score (nSPS) is 10.1. The second-order valence-corrected chi connectivity index (χ2v) is 3.08. The van der Waals surface area contributed by atoms with Gasteiger partial charge in [-0.3, -0.25) is 0 Å². The topological polar surface area (TPSA) is 86.9 Å². The molecule has 0 aliphatic carbocycles. The van der Waals surface area contributed by atoms with Crippen LogP contribution in [0.1, 0.15) is 0 Å². The van der Waals surface area contributed by atoms with E-state index in [-0.39, 0.29) is 0 Å². The van der Waals surface area contributed by atoms with Gasteiger partial charge in [0.1, 0.15) is 0 Å². The second kappa shape index (κ2) is 3.45. The molecule has 2 aromatic rings. The summed E-state index contributed by atoms with van der Waals surface area (Å²) in [6.07, 6.45) is 1.52. The smallest absolute Gasteiger partial charge is 0.339 e. The summed E-state index contributed by atoms with van der Waals surface area (Å²) in [7, 11) is 0. The van der Waals surface area contributed by atoms with Crippen molar-refractivity contribution in [1.29, 1.82) is 0 Å². The van der Waals surface area contributed by atoms with Crippen LogP contribution >= 0.6 is 0 Å². The maximum absolute atomic E-state index is 10.9. The molecule has 4 N–H and O–H groups in total. The van der Waals surface area contributed by atoms with Gasteiger partial charge in [-0.15, -0.1) is 5.10 Å². The highest BCUT2D eigenvalue weighted by atomic mass is 16.2. The molecule has 0 spiro atoms. The van der Waals surface area contributed by atoms with Crippen LogP contribution in [-0.4, -0.2) is 15.8 Å². The first kappa shape index (κ1) is 9.26. The maximum atomic E-state index is 10.9. The fraction of sp³-hybridized carbons (Fsp3) is 0. The van der Waals surface area contributed by atoms with Gasteiger partial charge in [-0.05, 0) is 5.56 Å². The van der Waals surface area contributed by atoms with E-state index >= 15 is 0 Å². The van der Waals surface area contributed by atoms with E-state index in [1.807, 2.05) is 30.3 Å². The van der Waals surface area contributed by atoms with Gasteiger partial charge in [0.25, 0.3) is 0 Å². The van der Waals surface area contributed by atoms with Gasteiger partial charge in [-0.2, -0.15) is 4.68 Å². The number of primary amides is 1. The van der Waals surface area contributed by atoms with Gasteiger partial charge in [0.2, 0.25) is 0 Å². The van der Waals surface area contributed by atoms with Gasteiger partial charge < -0.3 is 11.5 Å². The number of hydrogen-bond donors (Lipinski definition) is 2. The van der Waals surface area contributed by atoms with Gasteiger partial charge in [-0.1, -0.05) is 30.3 Å². The Hall–Kier alpha value is -2.30. The number of amides is 1. The van der Waals surface area contributed by atoms with Crippen LogP contribution in [0.5, 0.6) is 0 Å². The Morgan fingerprint density at radius 2 is 1.93 bits per heavy atom. The third kappa shape index (κ3) is 1.67. The molecule has 0 fully saturated rings. The van der Waals surface area contributed by atoms with E-state index < -0.39 is 6.03 Å². The van der Waals surface area contributed by atoms with Crippen molar-refractivity contribution < 1.29 is 4.79 Å². The maximum Gasteiger partial charge on any atom is 0.339 e. The molecule has 1 aromatic heterocycles. The lowest BCUT2D eigenvalue weighted by molar-refractivity contribution is 0.248. The highest BCUT2D eigenvalue weighted by molar-refractivity contribution is 5.80. The molecule has 5 heteroatoms. The first-order chi connectivity index (χ1) is 7.18. The van der Waals surface area contributed by atoms with Crippen molar-refractivity contribution in [2.24, 2.45) is 5.73 Å². The molecule has 1 amide bonds. The second-order valence-electron chi connectivity index (χ2n) is 3.08. The van der Waals surface area contributed by atoms with E-state index in [1.54, 1.807) is 0 Å². The summed E-state index contributed by atoms with van der Waals surface area (Å²) in [4.78, 5) is 10.9. The number of nitrogen functional groups attached to an aromatic ring is 1. The number of nitrogens with zero attached hydrogens (tertiary/aromatic N) is 2. The predicted molar refractivity (Wildman–Crippen MR) is 57.1 cm³/mol. The quantitative estimate of drug-likeness (QED) is 0.724. The molecule has 0 aliphatic rings. The molecule has 76 valence electrons. The Bertz CT molecular complexity index is 489. The van der Waals surface area contributed by atoms with Crippen LogP contribution in [0.25, 0.3) is 11.1 Å².